The summed E-state index contributed by atoms with van der Waals surface area (Å²) >= 11 is 0. The summed E-state index contributed by atoms with van der Waals surface area (Å²) in [6, 6.07) is 15.9. The van der Waals surface area contributed by atoms with Crippen molar-refractivity contribution in [3.63, 3.8) is 0 Å². The van der Waals surface area contributed by atoms with Crippen molar-refractivity contribution in [2.75, 3.05) is 18.5 Å². The number of ether oxygens (including phenoxy) is 1. The predicted molar refractivity (Wildman–Crippen MR) is 104 cm³/mol. The second-order valence-corrected chi connectivity index (χ2v) is 8.66. The number of rotatable bonds is 5. The molecule has 144 valence electrons. The third-order valence-corrected chi connectivity index (χ3v) is 6.53. The van der Waals surface area contributed by atoms with Crippen molar-refractivity contribution < 1.29 is 17.9 Å². The van der Waals surface area contributed by atoms with Gasteiger partial charge in [0, 0.05) is 25.2 Å². The summed E-state index contributed by atoms with van der Waals surface area (Å²) in [6.45, 7) is 3.93. The van der Waals surface area contributed by atoms with Gasteiger partial charge in [0.05, 0.1) is 17.6 Å². The Morgan fingerprint density at radius 1 is 1.15 bits per heavy atom. The minimum absolute atomic E-state index is 0.183. The van der Waals surface area contributed by atoms with E-state index in [-0.39, 0.29) is 22.9 Å². The maximum Gasteiger partial charge on any atom is 0.243 e. The summed E-state index contributed by atoms with van der Waals surface area (Å²) in [5.41, 5.74) is 1.69. The number of sulfonamides is 1. The van der Waals surface area contributed by atoms with Gasteiger partial charge in [-0.1, -0.05) is 30.3 Å². The fraction of sp³-hybridized carbons (Fsp3) is 0.350. The highest BCUT2D eigenvalue weighted by Crippen LogP contribution is 2.25. The van der Waals surface area contributed by atoms with E-state index in [9.17, 15) is 13.2 Å². The minimum atomic E-state index is -3.64. The van der Waals surface area contributed by atoms with E-state index >= 15 is 0 Å². The number of nitrogens with zero attached hydrogens (tertiary/aromatic N) is 1. The smallest absolute Gasteiger partial charge is 0.243 e. The highest BCUT2D eigenvalue weighted by Gasteiger charge is 2.35. The number of morpholine rings is 1. The van der Waals surface area contributed by atoms with Crippen molar-refractivity contribution in [1.82, 2.24) is 4.31 Å². The third kappa shape index (κ3) is 4.74. The van der Waals surface area contributed by atoms with Crippen LogP contribution in [-0.4, -0.2) is 43.9 Å². The van der Waals surface area contributed by atoms with Gasteiger partial charge < -0.3 is 10.1 Å². The van der Waals surface area contributed by atoms with E-state index in [0.717, 1.165) is 5.56 Å². The summed E-state index contributed by atoms with van der Waals surface area (Å²) in [5, 5.41) is 2.64. The molecule has 27 heavy (non-hydrogen) atoms. The molecule has 2 unspecified atom stereocenters. The highest BCUT2D eigenvalue weighted by atomic mass is 32.2. The number of hydrogen-bond acceptors (Lipinski definition) is 4. The average Bonchev–Trinajstić information content (AvgIpc) is 2.64. The Morgan fingerprint density at radius 3 is 2.44 bits per heavy atom. The molecule has 1 fully saturated rings. The maximum absolute atomic E-state index is 13.1. The van der Waals surface area contributed by atoms with Crippen LogP contribution in [-0.2, 0) is 26.0 Å². The largest absolute Gasteiger partial charge is 0.375 e. The summed E-state index contributed by atoms with van der Waals surface area (Å²) in [4.78, 5) is 11.3. The van der Waals surface area contributed by atoms with Gasteiger partial charge in [-0.3, -0.25) is 4.79 Å². The molecule has 2 aromatic carbocycles. The topological polar surface area (TPSA) is 75.7 Å². The lowest BCUT2D eigenvalue weighted by Crippen LogP contribution is -2.51. The molecule has 0 spiro atoms. The number of carbonyl (C=O) groups excluding carboxylic acids is 1. The Labute approximate surface area is 160 Å². The fourth-order valence-corrected chi connectivity index (χ4v) is 4.82. The van der Waals surface area contributed by atoms with Gasteiger partial charge in [-0.2, -0.15) is 4.31 Å². The Hall–Kier alpha value is -2.22. The van der Waals surface area contributed by atoms with Crippen molar-refractivity contribution in [2.45, 2.75) is 37.3 Å². The summed E-state index contributed by atoms with van der Waals surface area (Å²) < 4.78 is 33.6. The maximum atomic E-state index is 13.1. The summed E-state index contributed by atoms with van der Waals surface area (Å²) in [6.07, 6.45) is 0.484. The zero-order chi connectivity index (χ0) is 19.4. The molecule has 0 bridgehead atoms. The molecule has 2 aromatic rings. The number of anilines is 1. The summed E-state index contributed by atoms with van der Waals surface area (Å²) in [7, 11) is -3.64. The van der Waals surface area contributed by atoms with E-state index in [2.05, 4.69) is 5.32 Å². The molecule has 0 radical (unpaired) electrons. The van der Waals surface area contributed by atoms with E-state index in [1.807, 2.05) is 37.3 Å². The molecule has 6 nitrogen and oxygen atoms in total. The molecule has 1 saturated heterocycles. The number of nitrogens with one attached hydrogen (secondary N) is 1. The lowest BCUT2D eigenvalue weighted by molar-refractivity contribution is -0.114. The molecular formula is C20H24N2O4S. The van der Waals surface area contributed by atoms with Gasteiger partial charge in [-0.15, -0.1) is 0 Å². The van der Waals surface area contributed by atoms with Crippen molar-refractivity contribution in [1.29, 1.82) is 0 Å². The van der Waals surface area contributed by atoms with E-state index < -0.39 is 10.0 Å². The van der Waals surface area contributed by atoms with Crippen molar-refractivity contribution in [3.8, 4) is 0 Å². The first-order chi connectivity index (χ1) is 12.9. The van der Waals surface area contributed by atoms with Gasteiger partial charge in [0.25, 0.3) is 0 Å². The third-order valence-electron chi connectivity index (χ3n) is 4.54. The zero-order valence-corrected chi connectivity index (χ0v) is 16.3. The van der Waals surface area contributed by atoms with Crippen LogP contribution in [0.4, 0.5) is 5.69 Å². The number of amides is 1. The highest BCUT2D eigenvalue weighted by molar-refractivity contribution is 7.89. The Balaban J connectivity index is 1.76. The molecule has 2 atom stereocenters. The molecule has 0 aliphatic carbocycles. The molecule has 1 amide bonds. The molecule has 1 heterocycles. The summed E-state index contributed by atoms with van der Waals surface area (Å²) in [5.74, 6) is -0.198. The van der Waals surface area contributed by atoms with Crippen LogP contribution in [0.5, 0.6) is 0 Å². The zero-order valence-electron chi connectivity index (χ0n) is 15.5. The quantitative estimate of drug-likeness (QED) is 0.854. The molecule has 1 aliphatic heterocycles. The normalized spacial score (nSPS) is 21.0. The molecule has 1 N–H and O–H groups in total. The Kier molecular flexibility index (Phi) is 5.94. The van der Waals surface area contributed by atoms with Gasteiger partial charge in [-0.05, 0) is 43.2 Å². The lowest BCUT2D eigenvalue weighted by atomic mass is 10.1. The second kappa shape index (κ2) is 8.21. The lowest BCUT2D eigenvalue weighted by Gasteiger charge is -2.37. The van der Waals surface area contributed by atoms with Gasteiger partial charge >= 0.3 is 0 Å². The molecule has 0 saturated carbocycles. The SMILES string of the molecule is CC(=O)Nc1ccc(S(=O)(=O)N2CC(Cc3ccccc3)OCC2C)cc1. The van der Waals surface area contributed by atoms with Crippen LogP contribution in [0.25, 0.3) is 0 Å². The van der Waals surface area contributed by atoms with E-state index in [4.69, 9.17) is 4.74 Å². The first-order valence-corrected chi connectivity index (χ1v) is 10.4. The van der Waals surface area contributed by atoms with Gasteiger partial charge in [-0.25, -0.2) is 8.42 Å². The molecular weight excluding hydrogens is 364 g/mol. The monoisotopic (exact) mass is 388 g/mol. The standard InChI is InChI=1S/C20H24N2O4S/c1-15-14-26-19(12-17-6-4-3-5-7-17)13-22(15)27(24,25)20-10-8-18(9-11-20)21-16(2)23/h3-11,15,19H,12-14H2,1-2H3,(H,21,23). The van der Waals surface area contributed by atoms with Crippen LogP contribution in [0, 0.1) is 0 Å². The van der Waals surface area contributed by atoms with Crippen LogP contribution >= 0.6 is 0 Å². The Morgan fingerprint density at radius 2 is 1.81 bits per heavy atom. The first kappa shape index (κ1) is 19.5. The van der Waals surface area contributed by atoms with Gasteiger partial charge in [0.1, 0.15) is 0 Å². The predicted octanol–water partition coefficient (Wildman–Crippen LogP) is 2.67. The van der Waals surface area contributed by atoms with Crippen LogP contribution in [0.2, 0.25) is 0 Å². The number of benzene rings is 2. The van der Waals surface area contributed by atoms with Crippen molar-refractivity contribution >= 4 is 21.6 Å². The van der Waals surface area contributed by atoms with E-state index in [0.29, 0.717) is 25.3 Å². The molecule has 7 heteroatoms. The molecule has 1 aliphatic rings. The van der Waals surface area contributed by atoms with E-state index in [1.54, 1.807) is 12.1 Å². The molecule has 3 rings (SSSR count). The average molecular weight is 388 g/mol. The molecule has 0 aromatic heterocycles. The van der Waals surface area contributed by atoms with Crippen molar-refractivity contribution in [3.05, 3.63) is 60.2 Å². The van der Waals surface area contributed by atoms with Gasteiger partial charge in [0.15, 0.2) is 0 Å². The second-order valence-electron chi connectivity index (χ2n) is 6.77. The van der Waals surface area contributed by atoms with Crippen LogP contribution < -0.4 is 5.32 Å². The fourth-order valence-electron chi connectivity index (χ4n) is 3.18. The Bertz CT molecular complexity index is 882. The van der Waals surface area contributed by atoms with Gasteiger partial charge in [0.2, 0.25) is 15.9 Å². The van der Waals surface area contributed by atoms with E-state index in [1.165, 1.54) is 23.4 Å². The van der Waals surface area contributed by atoms with Crippen LogP contribution in [0.3, 0.4) is 0 Å². The first-order valence-electron chi connectivity index (χ1n) is 8.91. The number of hydrogen-bond donors (Lipinski definition) is 1. The van der Waals surface area contributed by atoms with Crippen LogP contribution in [0.1, 0.15) is 19.4 Å². The van der Waals surface area contributed by atoms with Crippen molar-refractivity contribution in [2.24, 2.45) is 0 Å². The minimum Gasteiger partial charge on any atom is -0.375 e. The van der Waals surface area contributed by atoms with Crippen LogP contribution in [0.15, 0.2) is 59.5 Å². The number of carbonyl (C=O) groups is 1.